The van der Waals surface area contributed by atoms with Crippen LogP contribution in [0.5, 0.6) is 0 Å². The van der Waals surface area contributed by atoms with E-state index in [0.717, 1.165) is 5.69 Å². The Balaban J connectivity index is 1.60. The van der Waals surface area contributed by atoms with Crippen molar-refractivity contribution in [2.75, 3.05) is 6.54 Å². The lowest BCUT2D eigenvalue weighted by Crippen LogP contribution is -2.27. The summed E-state index contributed by atoms with van der Waals surface area (Å²) in [6.07, 6.45) is 3.10. The molecule has 1 N–H and O–H groups in total. The first-order chi connectivity index (χ1) is 11.2. The number of carbonyl (C=O) groups excluding carboxylic acids is 1. The second kappa shape index (κ2) is 6.87. The number of aromatic nitrogens is 3. The zero-order chi connectivity index (χ0) is 16.1. The normalized spacial score (nSPS) is 11.9. The van der Waals surface area contributed by atoms with Crippen LogP contribution in [0, 0.1) is 0 Å². The van der Waals surface area contributed by atoms with Crippen LogP contribution in [0.2, 0.25) is 0 Å². The maximum absolute atomic E-state index is 12.2. The number of hydrogen-bond acceptors (Lipinski definition) is 3. The molecule has 0 saturated carbocycles. The summed E-state index contributed by atoms with van der Waals surface area (Å²) < 4.78 is 1.65. The van der Waals surface area contributed by atoms with Gasteiger partial charge in [0.15, 0.2) is 0 Å². The van der Waals surface area contributed by atoms with Gasteiger partial charge in [0.1, 0.15) is 12.7 Å². The Morgan fingerprint density at radius 2 is 1.87 bits per heavy atom. The molecule has 23 heavy (non-hydrogen) atoms. The standard InChI is InChI=1S/C18H18N4O/c1-14(15-5-3-2-4-6-15)11-20-18(23)16-7-9-17(10-8-16)22-13-19-12-21-22/h2-10,12-14H,11H2,1H3,(H,20,23). The van der Waals surface area contributed by atoms with Crippen LogP contribution in [-0.2, 0) is 0 Å². The SMILES string of the molecule is CC(CNC(=O)c1ccc(-n2cncn2)cc1)c1ccccc1. The highest BCUT2D eigenvalue weighted by Crippen LogP contribution is 2.13. The van der Waals surface area contributed by atoms with E-state index in [-0.39, 0.29) is 11.8 Å². The predicted octanol–water partition coefficient (Wildman–Crippen LogP) is 2.80. The topological polar surface area (TPSA) is 59.8 Å². The van der Waals surface area contributed by atoms with Gasteiger partial charge in [-0.25, -0.2) is 9.67 Å². The first kappa shape index (κ1) is 15.0. The van der Waals surface area contributed by atoms with Crippen LogP contribution in [0.25, 0.3) is 5.69 Å². The zero-order valence-corrected chi connectivity index (χ0v) is 12.9. The average Bonchev–Trinajstić information content (AvgIpc) is 3.15. The summed E-state index contributed by atoms with van der Waals surface area (Å²) >= 11 is 0. The van der Waals surface area contributed by atoms with Crippen molar-refractivity contribution in [1.82, 2.24) is 20.1 Å². The number of benzene rings is 2. The van der Waals surface area contributed by atoms with Crippen LogP contribution in [0.3, 0.4) is 0 Å². The lowest BCUT2D eigenvalue weighted by molar-refractivity contribution is 0.0951. The van der Waals surface area contributed by atoms with E-state index in [0.29, 0.717) is 12.1 Å². The van der Waals surface area contributed by atoms with Crippen molar-refractivity contribution < 1.29 is 4.79 Å². The first-order valence-electron chi connectivity index (χ1n) is 7.52. The van der Waals surface area contributed by atoms with Gasteiger partial charge in [0.25, 0.3) is 5.91 Å². The van der Waals surface area contributed by atoms with Crippen LogP contribution in [-0.4, -0.2) is 27.2 Å². The number of carbonyl (C=O) groups is 1. The van der Waals surface area contributed by atoms with Gasteiger partial charge >= 0.3 is 0 Å². The lowest BCUT2D eigenvalue weighted by atomic mass is 10.0. The summed E-state index contributed by atoms with van der Waals surface area (Å²) in [6.45, 7) is 2.71. The molecule has 5 heteroatoms. The molecule has 0 radical (unpaired) electrons. The summed E-state index contributed by atoms with van der Waals surface area (Å²) in [6, 6.07) is 17.4. The summed E-state index contributed by atoms with van der Waals surface area (Å²) in [4.78, 5) is 16.1. The number of nitrogens with one attached hydrogen (secondary N) is 1. The molecule has 0 saturated heterocycles. The molecule has 0 spiro atoms. The summed E-state index contributed by atoms with van der Waals surface area (Å²) in [5.74, 6) is 0.201. The molecular weight excluding hydrogens is 288 g/mol. The highest BCUT2D eigenvalue weighted by Gasteiger charge is 2.09. The quantitative estimate of drug-likeness (QED) is 0.788. The molecule has 0 aliphatic carbocycles. The Morgan fingerprint density at radius 3 is 2.52 bits per heavy atom. The molecule has 0 aliphatic heterocycles. The molecular formula is C18H18N4O. The molecule has 3 aromatic rings. The molecule has 3 rings (SSSR count). The lowest BCUT2D eigenvalue weighted by Gasteiger charge is -2.13. The van der Waals surface area contributed by atoms with E-state index in [9.17, 15) is 4.79 Å². The van der Waals surface area contributed by atoms with Gasteiger partial charge in [-0.05, 0) is 35.7 Å². The van der Waals surface area contributed by atoms with Crippen molar-refractivity contribution >= 4 is 5.91 Å². The van der Waals surface area contributed by atoms with Crippen LogP contribution in [0.15, 0.2) is 67.3 Å². The smallest absolute Gasteiger partial charge is 0.251 e. The highest BCUT2D eigenvalue weighted by molar-refractivity contribution is 5.94. The Morgan fingerprint density at radius 1 is 1.13 bits per heavy atom. The molecule has 1 aromatic heterocycles. The highest BCUT2D eigenvalue weighted by atomic mass is 16.1. The van der Waals surface area contributed by atoms with Crippen molar-refractivity contribution in [3.8, 4) is 5.69 Å². The fourth-order valence-corrected chi connectivity index (χ4v) is 2.35. The molecule has 2 aromatic carbocycles. The van der Waals surface area contributed by atoms with E-state index in [1.54, 1.807) is 23.1 Å². The summed E-state index contributed by atoms with van der Waals surface area (Å²) in [7, 11) is 0. The van der Waals surface area contributed by atoms with Crippen molar-refractivity contribution in [3.05, 3.63) is 78.4 Å². The number of rotatable bonds is 5. The third-order valence-corrected chi connectivity index (χ3v) is 3.75. The fraction of sp³-hybridized carbons (Fsp3) is 0.167. The first-order valence-corrected chi connectivity index (χ1v) is 7.52. The Hall–Kier alpha value is -2.95. The molecule has 1 heterocycles. The predicted molar refractivity (Wildman–Crippen MR) is 88.5 cm³/mol. The van der Waals surface area contributed by atoms with Crippen LogP contribution < -0.4 is 5.32 Å². The summed E-state index contributed by atoms with van der Waals surface area (Å²) in [5.41, 5.74) is 2.72. The van der Waals surface area contributed by atoms with E-state index >= 15 is 0 Å². The molecule has 1 amide bonds. The van der Waals surface area contributed by atoms with Crippen molar-refractivity contribution in [3.63, 3.8) is 0 Å². The molecule has 1 unspecified atom stereocenters. The third kappa shape index (κ3) is 3.63. The van der Waals surface area contributed by atoms with Gasteiger partial charge in [0, 0.05) is 12.1 Å². The Kier molecular flexibility index (Phi) is 4.47. The molecule has 5 nitrogen and oxygen atoms in total. The largest absolute Gasteiger partial charge is 0.351 e. The second-order valence-corrected chi connectivity index (χ2v) is 5.41. The van der Waals surface area contributed by atoms with E-state index in [1.165, 1.54) is 11.9 Å². The van der Waals surface area contributed by atoms with Crippen LogP contribution >= 0.6 is 0 Å². The third-order valence-electron chi connectivity index (χ3n) is 3.75. The monoisotopic (exact) mass is 306 g/mol. The molecule has 1 atom stereocenters. The second-order valence-electron chi connectivity index (χ2n) is 5.41. The van der Waals surface area contributed by atoms with E-state index in [2.05, 4.69) is 34.5 Å². The Bertz CT molecular complexity index is 751. The Labute approximate surface area is 135 Å². The maximum atomic E-state index is 12.2. The minimum atomic E-state index is -0.0714. The van der Waals surface area contributed by atoms with Crippen LogP contribution in [0.4, 0.5) is 0 Å². The molecule has 0 bridgehead atoms. The molecule has 0 fully saturated rings. The van der Waals surface area contributed by atoms with E-state index in [1.807, 2.05) is 30.3 Å². The molecule has 0 aliphatic rings. The minimum absolute atomic E-state index is 0.0714. The maximum Gasteiger partial charge on any atom is 0.251 e. The van der Waals surface area contributed by atoms with E-state index < -0.39 is 0 Å². The minimum Gasteiger partial charge on any atom is -0.351 e. The van der Waals surface area contributed by atoms with Gasteiger partial charge in [-0.15, -0.1) is 0 Å². The van der Waals surface area contributed by atoms with Crippen LogP contribution in [0.1, 0.15) is 28.8 Å². The van der Waals surface area contributed by atoms with Gasteiger partial charge in [0.2, 0.25) is 0 Å². The van der Waals surface area contributed by atoms with Gasteiger partial charge in [-0.3, -0.25) is 4.79 Å². The fourth-order valence-electron chi connectivity index (χ4n) is 2.35. The van der Waals surface area contributed by atoms with Crippen molar-refractivity contribution in [1.29, 1.82) is 0 Å². The van der Waals surface area contributed by atoms with Gasteiger partial charge in [0.05, 0.1) is 5.69 Å². The van der Waals surface area contributed by atoms with Gasteiger partial charge < -0.3 is 5.32 Å². The van der Waals surface area contributed by atoms with Gasteiger partial charge in [-0.1, -0.05) is 37.3 Å². The number of amides is 1. The number of hydrogen-bond donors (Lipinski definition) is 1. The number of nitrogens with zero attached hydrogens (tertiary/aromatic N) is 3. The molecule has 116 valence electrons. The van der Waals surface area contributed by atoms with E-state index in [4.69, 9.17) is 0 Å². The average molecular weight is 306 g/mol. The van der Waals surface area contributed by atoms with Gasteiger partial charge in [-0.2, -0.15) is 5.10 Å². The summed E-state index contributed by atoms with van der Waals surface area (Å²) in [5, 5.41) is 7.04. The zero-order valence-electron chi connectivity index (χ0n) is 12.9. The van der Waals surface area contributed by atoms with Crippen molar-refractivity contribution in [2.45, 2.75) is 12.8 Å². The van der Waals surface area contributed by atoms with Crippen molar-refractivity contribution in [2.24, 2.45) is 0 Å².